The van der Waals surface area contributed by atoms with Crippen molar-refractivity contribution in [1.82, 2.24) is 4.72 Å². The van der Waals surface area contributed by atoms with Crippen molar-refractivity contribution in [3.05, 3.63) is 90.2 Å². The van der Waals surface area contributed by atoms with Gasteiger partial charge in [0, 0.05) is 5.69 Å². The van der Waals surface area contributed by atoms with Gasteiger partial charge in [-0.3, -0.25) is 4.79 Å². The van der Waals surface area contributed by atoms with E-state index in [1.165, 1.54) is 0 Å². The van der Waals surface area contributed by atoms with Crippen molar-refractivity contribution in [2.45, 2.75) is 24.3 Å². The molecule has 0 radical (unpaired) electrons. The number of ether oxygens (including phenoxy) is 1. The van der Waals surface area contributed by atoms with Gasteiger partial charge in [-0.05, 0) is 67.4 Å². The first kappa shape index (κ1) is 22.5. The van der Waals surface area contributed by atoms with E-state index in [-0.39, 0.29) is 11.3 Å². The normalized spacial score (nSPS) is 12.2. The number of nitrogens with one attached hydrogen (secondary N) is 2. The molecule has 162 valence electrons. The molecular formula is C23H23FN2O4S. The van der Waals surface area contributed by atoms with Crippen molar-refractivity contribution in [3.8, 4) is 5.75 Å². The Kier molecular flexibility index (Phi) is 7.38. The van der Waals surface area contributed by atoms with Gasteiger partial charge in [0.25, 0.3) is 0 Å². The molecule has 0 spiro atoms. The van der Waals surface area contributed by atoms with Gasteiger partial charge in [0.05, 0.1) is 11.5 Å². The first-order valence-electron chi connectivity index (χ1n) is 9.73. The number of carbonyl (C=O) groups is 1. The maximum absolute atomic E-state index is 13.2. The number of anilines is 1. The molecule has 31 heavy (non-hydrogen) atoms. The summed E-state index contributed by atoms with van der Waals surface area (Å²) in [5, 5.41) is 2.73. The zero-order valence-electron chi connectivity index (χ0n) is 16.9. The summed E-state index contributed by atoms with van der Waals surface area (Å²) in [7, 11) is -4.05. The van der Waals surface area contributed by atoms with E-state index in [0.717, 1.165) is 29.8 Å². The molecule has 0 aliphatic rings. The van der Waals surface area contributed by atoms with Crippen LogP contribution in [0, 0.1) is 5.82 Å². The molecule has 1 atom stereocenters. The highest BCUT2D eigenvalue weighted by atomic mass is 32.2. The number of benzene rings is 3. The fourth-order valence-corrected chi connectivity index (χ4v) is 4.13. The van der Waals surface area contributed by atoms with Crippen LogP contribution in [0.3, 0.4) is 0 Å². The SMILES string of the molecule is CCOc1ccc(NC(=O)[C@@H](Cc2ccccc2)NS(=O)(=O)c2ccc(F)cc2)cc1. The monoisotopic (exact) mass is 442 g/mol. The lowest BCUT2D eigenvalue weighted by Gasteiger charge is -2.19. The number of halogens is 1. The number of rotatable bonds is 9. The maximum Gasteiger partial charge on any atom is 0.242 e. The average molecular weight is 443 g/mol. The molecule has 0 saturated carbocycles. The molecule has 2 N–H and O–H groups in total. The molecule has 0 fully saturated rings. The summed E-state index contributed by atoms with van der Waals surface area (Å²) in [5.74, 6) is -0.398. The van der Waals surface area contributed by atoms with Gasteiger partial charge in [0.15, 0.2) is 0 Å². The molecular weight excluding hydrogens is 419 g/mol. The minimum Gasteiger partial charge on any atom is -0.494 e. The quantitative estimate of drug-likeness (QED) is 0.529. The smallest absolute Gasteiger partial charge is 0.242 e. The van der Waals surface area contributed by atoms with E-state index in [1.54, 1.807) is 24.3 Å². The van der Waals surface area contributed by atoms with E-state index < -0.39 is 27.8 Å². The van der Waals surface area contributed by atoms with E-state index in [2.05, 4.69) is 10.0 Å². The molecule has 3 aromatic carbocycles. The molecule has 3 rings (SSSR count). The van der Waals surface area contributed by atoms with Gasteiger partial charge < -0.3 is 10.1 Å². The van der Waals surface area contributed by atoms with Crippen LogP contribution < -0.4 is 14.8 Å². The summed E-state index contributed by atoms with van der Waals surface area (Å²) in [4.78, 5) is 12.8. The molecule has 0 aromatic heterocycles. The highest BCUT2D eigenvalue weighted by Gasteiger charge is 2.26. The fraction of sp³-hybridized carbons (Fsp3) is 0.174. The van der Waals surface area contributed by atoms with E-state index in [4.69, 9.17) is 4.74 Å². The number of amides is 1. The third-order valence-corrected chi connectivity index (χ3v) is 5.94. The first-order valence-corrected chi connectivity index (χ1v) is 11.2. The van der Waals surface area contributed by atoms with Crippen LogP contribution in [0.2, 0.25) is 0 Å². The van der Waals surface area contributed by atoms with Gasteiger partial charge in [0.1, 0.15) is 17.6 Å². The van der Waals surface area contributed by atoms with Crippen LogP contribution in [0.25, 0.3) is 0 Å². The average Bonchev–Trinajstić information content (AvgIpc) is 2.76. The molecule has 6 nitrogen and oxygen atoms in total. The minimum atomic E-state index is -4.05. The molecule has 0 aliphatic carbocycles. The van der Waals surface area contributed by atoms with E-state index in [0.29, 0.717) is 18.0 Å². The van der Waals surface area contributed by atoms with Gasteiger partial charge in [0.2, 0.25) is 15.9 Å². The summed E-state index contributed by atoms with van der Waals surface area (Å²) >= 11 is 0. The van der Waals surface area contributed by atoms with Crippen molar-refractivity contribution in [2.75, 3.05) is 11.9 Å². The molecule has 0 heterocycles. The Bertz CT molecular complexity index is 1100. The topological polar surface area (TPSA) is 84.5 Å². The Hall–Kier alpha value is -3.23. The predicted octanol–water partition coefficient (Wildman–Crippen LogP) is 3.75. The standard InChI is InChI=1S/C23H23FN2O4S/c1-2-30-20-12-10-19(11-13-20)25-23(27)22(16-17-6-4-3-5-7-17)26-31(28,29)21-14-8-18(24)9-15-21/h3-15,22,26H,2,16H2,1H3,(H,25,27)/t22-/m1/s1. The van der Waals surface area contributed by atoms with Crippen LogP contribution >= 0.6 is 0 Å². The minimum absolute atomic E-state index is 0.124. The van der Waals surface area contributed by atoms with Crippen LogP contribution in [0.5, 0.6) is 5.75 Å². The lowest BCUT2D eigenvalue weighted by molar-refractivity contribution is -0.117. The molecule has 3 aromatic rings. The van der Waals surface area contributed by atoms with E-state index >= 15 is 0 Å². The number of hydrogen-bond donors (Lipinski definition) is 2. The van der Waals surface area contributed by atoms with Gasteiger partial charge in [-0.1, -0.05) is 30.3 Å². The molecule has 0 unspecified atom stereocenters. The summed E-state index contributed by atoms with van der Waals surface area (Å²) in [6.07, 6.45) is 0.143. The lowest BCUT2D eigenvalue weighted by atomic mass is 10.1. The molecule has 0 aliphatic heterocycles. The molecule has 0 saturated heterocycles. The van der Waals surface area contributed by atoms with Gasteiger partial charge in [-0.2, -0.15) is 4.72 Å². The van der Waals surface area contributed by atoms with Crippen molar-refractivity contribution in [3.63, 3.8) is 0 Å². The third-order valence-electron chi connectivity index (χ3n) is 4.45. The summed E-state index contributed by atoms with van der Waals surface area (Å²) in [5.41, 5.74) is 1.30. The van der Waals surface area contributed by atoms with E-state index in [9.17, 15) is 17.6 Å². The fourth-order valence-electron chi connectivity index (χ4n) is 2.94. The molecule has 8 heteroatoms. The van der Waals surface area contributed by atoms with Crippen LogP contribution in [-0.4, -0.2) is 27.0 Å². The van der Waals surface area contributed by atoms with Crippen molar-refractivity contribution in [2.24, 2.45) is 0 Å². The van der Waals surface area contributed by atoms with Crippen LogP contribution in [-0.2, 0) is 21.2 Å². The summed E-state index contributed by atoms with van der Waals surface area (Å²) in [6, 6.07) is 19.2. The zero-order chi connectivity index (χ0) is 22.3. The van der Waals surface area contributed by atoms with Crippen molar-refractivity contribution < 1.29 is 22.3 Å². The largest absolute Gasteiger partial charge is 0.494 e. The number of carbonyl (C=O) groups excluding carboxylic acids is 1. The highest BCUT2D eigenvalue weighted by Crippen LogP contribution is 2.17. The Balaban J connectivity index is 1.81. The molecule has 0 bridgehead atoms. The Morgan fingerprint density at radius 2 is 1.61 bits per heavy atom. The number of sulfonamides is 1. The highest BCUT2D eigenvalue weighted by molar-refractivity contribution is 7.89. The van der Waals surface area contributed by atoms with Gasteiger partial charge in [-0.25, -0.2) is 12.8 Å². The van der Waals surface area contributed by atoms with Crippen LogP contribution in [0.15, 0.2) is 83.8 Å². The summed E-state index contributed by atoms with van der Waals surface area (Å²) in [6.45, 7) is 2.40. The zero-order valence-corrected chi connectivity index (χ0v) is 17.7. The predicted molar refractivity (Wildman–Crippen MR) is 117 cm³/mol. The van der Waals surface area contributed by atoms with Gasteiger partial charge in [-0.15, -0.1) is 0 Å². The Morgan fingerprint density at radius 1 is 0.968 bits per heavy atom. The Morgan fingerprint density at radius 3 is 2.23 bits per heavy atom. The Labute approximate surface area is 181 Å². The first-order chi connectivity index (χ1) is 14.9. The maximum atomic E-state index is 13.2. The summed E-state index contributed by atoms with van der Waals surface area (Å²) < 4.78 is 46.6. The van der Waals surface area contributed by atoms with Crippen LogP contribution in [0.1, 0.15) is 12.5 Å². The second kappa shape index (κ2) is 10.2. The van der Waals surface area contributed by atoms with Crippen molar-refractivity contribution >= 4 is 21.6 Å². The van der Waals surface area contributed by atoms with Crippen LogP contribution in [0.4, 0.5) is 10.1 Å². The van der Waals surface area contributed by atoms with E-state index in [1.807, 2.05) is 37.3 Å². The second-order valence-corrected chi connectivity index (χ2v) is 8.48. The van der Waals surface area contributed by atoms with Gasteiger partial charge >= 0.3 is 0 Å². The second-order valence-electron chi connectivity index (χ2n) is 6.76. The number of hydrogen-bond acceptors (Lipinski definition) is 4. The molecule has 1 amide bonds. The van der Waals surface area contributed by atoms with Crippen molar-refractivity contribution in [1.29, 1.82) is 0 Å². The lowest BCUT2D eigenvalue weighted by Crippen LogP contribution is -2.45. The third kappa shape index (κ3) is 6.37.